The number of halogens is 1. The molecular weight excluding hydrogens is 262 g/mol. The van der Waals surface area contributed by atoms with Crippen LogP contribution in [0.15, 0.2) is 22.7 Å². The molecule has 0 aliphatic heterocycles. The molecule has 0 spiro atoms. The molecule has 0 aliphatic rings. The van der Waals surface area contributed by atoms with Crippen LogP contribution in [0.5, 0.6) is 5.75 Å². The second-order valence-electron chi connectivity index (χ2n) is 2.92. The lowest BCUT2D eigenvalue weighted by atomic mass is 10.3. The Morgan fingerprint density at radius 1 is 1.60 bits per heavy atom. The minimum absolute atomic E-state index is 0.0957. The van der Waals surface area contributed by atoms with Crippen LogP contribution >= 0.6 is 15.9 Å². The van der Waals surface area contributed by atoms with Crippen LogP contribution in [0.4, 0.5) is 5.69 Å². The number of methoxy groups -OCH3 is 1. The van der Waals surface area contributed by atoms with Crippen molar-refractivity contribution < 1.29 is 14.6 Å². The standard InChI is InChI=1S/C10H12BrNO3/c1-15-7-2-3-9(8(11)6-7)12-5-4-10(13)14/h2-3,6,12H,4-5H2,1H3,(H,13,14). The number of rotatable bonds is 5. The molecule has 82 valence electrons. The molecule has 1 aromatic carbocycles. The molecule has 1 aromatic rings. The van der Waals surface area contributed by atoms with E-state index in [1.165, 1.54) is 0 Å². The maximum Gasteiger partial charge on any atom is 0.305 e. The van der Waals surface area contributed by atoms with Crippen molar-refractivity contribution in [3.63, 3.8) is 0 Å². The summed E-state index contributed by atoms with van der Waals surface area (Å²) in [5.74, 6) is -0.0576. The van der Waals surface area contributed by atoms with Gasteiger partial charge in [-0.15, -0.1) is 0 Å². The van der Waals surface area contributed by atoms with Gasteiger partial charge < -0.3 is 15.2 Å². The third kappa shape index (κ3) is 3.79. The molecule has 1 rings (SSSR count). The van der Waals surface area contributed by atoms with E-state index in [2.05, 4.69) is 21.2 Å². The van der Waals surface area contributed by atoms with Crippen LogP contribution in [0.25, 0.3) is 0 Å². The topological polar surface area (TPSA) is 58.6 Å². The largest absolute Gasteiger partial charge is 0.497 e. The Bertz CT molecular complexity index is 355. The maximum absolute atomic E-state index is 10.3. The van der Waals surface area contributed by atoms with E-state index in [0.29, 0.717) is 6.54 Å². The van der Waals surface area contributed by atoms with Gasteiger partial charge in [0.05, 0.1) is 13.5 Å². The number of nitrogens with one attached hydrogen (secondary N) is 1. The number of benzene rings is 1. The SMILES string of the molecule is COc1ccc(NCCC(=O)O)c(Br)c1. The Hall–Kier alpha value is -1.23. The van der Waals surface area contributed by atoms with Gasteiger partial charge in [-0.2, -0.15) is 0 Å². The predicted molar refractivity (Wildman–Crippen MR) is 61.4 cm³/mol. The van der Waals surface area contributed by atoms with Gasteiger partial charge >= 0.3 is 5.97 Å². The number of ether oxygens (including phenoxy) is 1. The molecule has 15 heavy (non-hydrogen) atoms. The van der Waals surface area contributed by atoms with Gasteiger partial charge in [0, 0.05) is 16.7 Å². The highest BCUT2D eigenvalue weighted by atomic mass is 79.9. The number of anilines is 1. The van der Waals surface area contributed by atoms with Crippen molar-refractivity contribution in [1.29, 1.82) is 0 Å². The van der Waals surface area contributed by atoms with Crippen molar-refractivity contribution in [1.82, 2.24) is 0 Å². The third-order valence-corrected chi connectivity index (χ3v) is 2.49. The van der Waals surface area contributed by atoms with Gasteiger partial charge in [0.25, 0.3) is 0 Å². The summed E-state index contributed by atoms with van der Waals surface area (Å²) in [6.07, 6.45) is 0.0957. The van der Waals surface area contributed by atoms with Crippen molar-refractivity contribution in [3.05, 3.63) is 22.7 Å². The Morgan fingerprint density at radius 2 is 2.33 bits per heavy atom. The highest BCUT2D eigenvalue weighted by Crippen LogP contribution is 2.26. The number of hydrogen-bond donors (Lipinski definition) is 2. The lowest BCUT2D eigenvalue weighted by molar-refractivity contribution is -0.136. The molecule has 0 bridgehead atoms. The lowest BCUT2D eigenvalue weighted by Crippen LogP contribution is -2.07. The summed E-state index contributed by atoms with van der Waals surface area (Å²) in [5, 5.41) is 11.5. The summed E-state index contributed by atoms with van der Waals surface area (Å²) in [6, 6.07) is 5.47. The number of carbonyl (C=O) groups is 1. The van der Waals surface area contributed by atoms with Gasteiger partial charge in [-0.25, -0.2) is 0 Å². The fourth-order valence-corrected chi connectivity index (χ4v) is 1.57. The summed E-state index contributed by atoms with van der Waals surface area (Å²) in [7, 11) is 1.60. The van der Waals surface area contributed by atoms with E-state index in [1.54, 1.807) is 7.11 Å². The van der Waals surface area contributed by atoms with E-state index in [-0.39, 0.29) is 6.42 Å². The fraction of sp³-hybridized carbons (Fsp3) is 0.300. The van der Waals surface area contributed by atoms with Crippen LogP contribution in [-0.4, -0.2) is 24.7 Å². The van der Waals surface area contributed by atoms with Crippen molar-refractivity contribution in [3.8, 4) is 5.75 Å². The van der Waals surface area contributed by atoms with E-state index in [9.17, 15) is 4.79 Å². The predicted octanol–water partition coefficient (Wildman–Crippen LogP) is 2.34. The second kappa shape index (κ2) is 5.60. The van der Waals surface area contributed by atoms with Crippen molar-refractivity contribution >= 4 is 27.6 Å². The number of carboxylic acids is 1. The highest BCUT2D eigenvalue weighted by Gasteiger charge is 2.02. The third-order valence-electron chi connectivity index (χ3n) is 1.83. The molecule has 0 aliphatic carbocycles. The molecule has 5 heteroatoms. The van der Waals surface area contributed by atoms with Crippen LogP contribution in [0, 0.1) is 0 Å². The van der Waals surface area contributed by atoms with Gasteiger partial charge in [0.1, 0.15) is 5.75 Å². The average Bonchev–Trinajstić information content (AvgIpc) is 2.20. The Balaban J connectivity index is 2.58. The summed E-state index contributed by atoms with van der Waals surface area (Å²) >= 11 is 3.37. The zero-order chi connectivity index (χ0) is 11.3. The molecule has 0 radical (unpaired) electrons. The van der Waals surface area contributed by atoms with Crippen LogP contribution < -0.4 is 10.1 Å². The Kier molecular flexibility index (Phi) is 4.42. The minimum atomic E-state index is -0.813. The van der Waals surface area contributed by atoms with E-state index in [0.717, 1.165) is 15.9 Å². The quantitative estimate of drug-likeness (QED) is 0.865. The summed E-state index contributed by atoms with van der Waals surface area (Å²) in [5.41, 5.74) is 0.858. The van der Waals surface area contributed by atoms with E-state index >= 15 is 0 Å². The first-order valence-corrected chi connectivity index (χ1v) is 5.22. The summed E-state index contributed by atoms with van der Waals surface area (Å²) in [6.45, 7) is 0.403. The zero-order valence-electron chi connectivity index (χ0n) is 8.29. The minimum Gasteiger partial charge on any atom is -0.497 e. The number of carboxylic acid groups (broad SMARTS) is 1. The smallest absolute Gasteiger partial charge is 0.305 e. The highest BCUT2D eigenvalue weighted by molar-refractivity contribution is 9.10. The van der Waals surface area contributed by atoms with E-state index in [4.69, 9.17) is 9.84 Å². The molecule has 0 amide bonds. The van der Waals surface area contributed by atoms with Gasteiger partial charge in [-0.1, -0.05) is 0 Å². The number of aliphatic carboxylic acids is 1. The zero-order valence-corrected chi connectivity index (χ0v) is 9.87. The normalized spacial score (nSPS) is 9.73. The molecule has 0 saturated heterocycles. The van der Waals surface area contributed by atoms with Gasteiger partial charge in [-0.3, -0.25) is 4.79 Å². The molecule has 2 N–H and O–H groups in total. The van der Waals surface area contributed by atoms with Crippen LogP contribution in [-0.2, 0) is 4.79 Å². The molecule has 4 nitrogen and oxygen atoms in total. The number of hydrogen-bond acceptors (Lipinski definition) is 3. The first-order valence-electron chi connectivity index (χ1n) is 4.42. The average molecular weight is 274 g/mol. The molecule has 0 heterocycles. The van der Waals surface area contributed by atoms with Crippen LogP contribution in [0.3, 0.4) is 0 Å². The maximum atomic E-state index is 10.3. The molecule has 0 aromatic heterocycles. The van der Waals surface area contributed by atoms with Crippen molar-refractivity contribution in [2.24, 2.45) is 0 Å². The van der Waals surface area contributed by atoms with Crippen LogP contribution in [0.1, 0.15) is 6.42 Å². The summed E-state index contributed by atoms with van der Waals surface area (Å²) in [4.78, 5) is 10.3. The van der Waals surface area contributed by atoms with Crippen molar-refractivity contribution in [2.75, 3.05) is 19.0 Å². The van der Waals surface area contributed by atoms with E-state index in [1.807, 2.05) is 18.2 Å². The lowest BCUT2D eigenvalue weighted by Gasteiger charge is -2.08. The van der Waals surface area contributed by atoms with E-state index < -0.39 is 5.97 Å². The second-order valence-corrected chi connectivity index (χ2v) is 3.77. The fourth-order valence-electron chi connectivity index (χ4n) is 1.07. The Labute approximate surface area is 96.4 Å². The van der Waals surface area contributed by atoms with Crippen LogP contribution in [0.2, 0.25) is 0 Å². The first kappa shape index (κ1) is 11.8. The molecule has 0 saturated carbocycles. The monoisotopic (exact) mass is 273 g/mol. The molecule has 0 fully saturated rings. The summed E-state index contributed by atoms with van der Waals surface area (Å²) < 4.78 is 5.89. The van der Waals surface area contributed by atoms with Gasteiger partial charge in [-0.05, 0) is 34.1 Å². The Morgan fingerprint density at radius 3 is 2.87 bits per heavy atom. The molecule has 0 atom stereocenters. The van der Waals surface area contributed by atoms with Gasteiger partial charge in [0.15, 0.2) is 0 Å². The molecular formula is C10H12BrNO3. The first-order chi connectivity index (χ1) is 7.13. The van der Waals surface area contributed by atoms with Crippen molar-refractivity contribution in [2.45, 2.75) is 6.42 Å². The molecule has 0 unspecified atom stereocenters. The van der Waals surface area contributed by atoms with Gasteiger partial charge in [0.2, 0.25) is 0 Å².